The molecule has 3 nitrogen and oxygen atoms in total. The molecule has 2 aromatic carbocycles. The van der Waals surface area contributed by atoms with Crippen molar-refractivity contribution in [1.82, 2.24) is 0 Å². The number of guanidine groups is 1. The van der Waals surface area contributed by atoms with Gasteiger partial charge in [0.15, 0.2) is 5.96 Å². The molecule has 0 aliphatic heterocycles. The maximum absolute atomic E-state index is 12.6. The Labute approximate surface area is 132 Å². The fraction of sp³-hybridized carbons (Fsp3) is 0.118. The van der Waals surface area contributed by atoms with Crippen molar-refractivity contribution in [3.8, 4) is 11.8 Å². The summed E-state index contributed by atoms with van der Waals surface area (Å²) >= 11 is 0. The van der Waals surface area contributed by atoms with Gasteiger partial charge in [0.2, 0.25) is 0 Å². The van der Waals surface area contributed by atoms with Crippen molar-refractivity contribution in [2.75, 3.05) is 11.9 Å². The summed E-state index contributed by atoms with van der Waals surface area (Å²) in [5.74, 6) is 5.50. The van der Waals surface area contributed by atoms with Gasteiger partial charge in [-0.05, 0) is 30.3 Å². The Kier molecular flexibility index (Phi) is 5.26. The zero-order valence-corrected chi connectivity index (χ0v) is 12.1. The zero-order chi connectivity index (χ0) is 16.7. The van der Waals surface area contributed by atoms with Crippen LogP contribution in [0.5, 0.6) is 0 Å². The average Bonchev–Trinajstić information content (AvgIpc) is 2.52. The molecule has 0 aromatic heterocycles. The molecule has 0 saturated heterocycles. The summed E-state index contributed by atoms with van der Waals surface area (Å²) in [6.07, 6.45) is -4.38. The third-order valence-corrected chi connectivity index (χ3v) is 2.80. The third kappa shape index (κ3) is 5.40. The summed E-state index contributed by atoms with van der Waals surface area (Å²) in [5.41, 5.74) is 6.04. The number of alkyl halides is 3. The molecule has 23 heavy (non-hydrogen) atoms. The number of hydrogen-bond acceptors (Lipinski definition) is 1. The molecule has 0 amide bonds. The Bertz CT molecular complexity index is 741. The number of rotatable bonds is 2. The van der Waals surface area contributed by atoms with Gasteiger partial charge in [-0.2, -0.15) is 13.2 Å². The highest BCUT2D eigenvalue weighted by Gasteiger charge is 2.30. The monoisotopic (exact) mass is 317 g/mol. The van der Waals surface area contributed by atoms with E-state index >= 15 is 0 Å². The number of nitrogens with zero attached hydrogens (tertiary/aromatic N) is 1. The Morgan fingerprint density at radius 1 is 1.09 bits per heavy atom. The third-order valence-electron chi connectivity index (χ3n) is 2.80. The van der Waals surface area contributed by atoms with Gasteiger partial charge in [-0.3, -0.25) is 0 Å². The smallest absolute Gasteiger partial charge is 0.370 e. The lowest BCUT2D eigenvalue weighted by molar-refractivity contribution is -0.137. The predicted octanol–water partition coefficient (Wildman–Crippen LogP) is 3.48. The van der Waals surface area contributed by atoms with Crippen molar-refractivity contribution in [2.24, 2.45) is 10.7 Å². The van der Waals surface area contributed by atoms with E-state index in [4.69, 9.17) is 5.73 Å². The normalized spacial score (nSPS) is 11.5. The minimum atomic E-state index is -4.38. The molecule has 3 N–H and O–H groups in total. The van der Waals surface area contributed by atoms with Crippen LogP contribution in [0.2, 0.25) is 0 Å². The number of hydrogen-bond donors (Lipinski definition) is 2. The molecule has 0 spiro atoms. The van der Waals surface area contributed by atoms with E-state index in [1.807, 2.05) is 30.3 Å². The average molecular weight is 317 g/mol. The van der Waals surface area contributed by atoms with Crippen molar-refractivity contribution in [3.05, 3.63) is 65.7 Å². The van der Waals surface area contributed by atoms with Crippen molar-refractivity contribution >= 4 is 11.6 Å². The molecule has 0 aliphatic rings. The van der Waals surface area contributed by atoms with Gasteiger partial charge in [0.1, 0.15) is 6.54 Å². The van der Waals surface area contributed by atoms with Crippen molar-refractivity contribution in [2.45, 2.75) is 6.18 Å². The van der Waals surface area contributed by atoms with Gasteiger partial charge in [-0.25, -0.2) is 4.99 Å². The minimum absolute atomic E-state index is 0.0852. The summed E-state index contributed by atoms with van der Waals surface area (Å²) < 4.78 is 37.7. The van der Waals surface area contributed by atoms with Gasteiger partial charge in [0.25, 0.3) is 0 Å². The second-order valence-electron chi connectivity index (χ2n) is 4.57. The van der Waals surface area contributed by atoms with Crippen LogP contribution < -0.4 is 11.1 Å². The van der Waals surface area contributed by atoms with Gasteiger partial charge < -0.3 is 11.1 Å². The van der Waals surface area contributed by atoms with E-state index in [1.165, 1.54) is 12.1 Å². The summed E-state index contributed by atoms with van der Waals surface area (Å²) in [7, 11) is 0. The lowest BCUT2D eigenvalue weighted by Gasteiger charge is -2.05. The molecule has 0 radical (unpaired) electrons. The summed E-state index contributed by atoms with van der Waals surface area (Å²) in [6.45, 7) is 0.0852. The van der Waals surface area contributed by atoms with Crippen LogP contribution in [0.25, 0.3) is 0 Å². The number of nitrogens with two attached hydrogens (primary N) is 1. The minimum Gasteiger partial charge on any atom is -0.370 e. The summed E-state index contributed by atoms with van der Waals surface area (Å²) in [6, 6.07) is 14.1. The quantitative estimate of drug-likeness (QED) is 0.506. The van der Waals surface area contributed by atoms with Crippen LogP contribution in [0.3, 0.4) is 0 Å². The highest BCUT2D eigenvalue weighted by molar-refractivity contribution is 5.92. The first-order chi connectivity index (χ1) is 10.9. The molecule has 6 heteroatoms. The van der Waals surface area contributed by atoms with Crippen LogP contribution in [0.15, 0.2) is 59.6 Å². The maximum atomic E-state index is 12.6. The number of anilines is 1. The molecule has 0 heterocycles. The Morgan fingerprint density at radius 2 is 1.83 bits per heavy atom. The molecular formula is C17H14F3N3. The predicted molar refractivity (Wildman–Crippen MR) is 84.9 cm³/mol. The van der Waals surface area contributed by atoms with Gasteiger partial charge in [-0.15, -0.1) is 0 Å². The van der Waals surface area contributed by atoms with E-state index < -0.39 is 11.7 Å². The first-order valence-corrected chi connectivity index (χ1v) is 6.73. The first-order valence-electron chi connectivity index (χ1n) is 6.73. The standard InChI is InChI=1S/C17H14F3N3/c18-17(19,20)14-8-4-6-13(12-14)7-5-11-22-16(21)23-15-9-2-1-3-10-15/h1-4,6,8-10,12H,11H2,(H3,21,22,23). The molecule has 0 atom stereocenters. The highest BCUT2D eigenvalue weighted by atomic mass is 19.4. The van der Waals surface area contributed by atoms with E-state index in [-0.39, 0.29) is 18.1 Å². The fourth-order valence-electron chi connectivity index (χ4n) is 1.75. The molecule has 0 fully saturated rings. The van der Waals surface area contributed by atoms with Crippen LogP contribution >= 0.6 is 0 Å². The molecule has 0 unspecified atom stereocenters. The summed E-state index contributed by atoms with van der Waals surface area (Å²) in [4.78, 5) is 3.99. The molecule has 2 rings (SSSR count). The van der Waals surface area contributed by atoms with Crippen molar-refractivity contribution in [3.63, 3.8) is 0 Å². The SMILES string of the molecule is NC(=NCC#Cc1cccc(C(F)(F)F)c1)Nc1ccccc1. The molecule has 0 bridgehead atoms. The topological polar surface area (TPSA) is 50.4 Å². The maximum Gasteiger partial charge on any atom is 0.416 e. The van der Waals surface area contributed by atoms with E-state index in [2.05, 4.69) is 22.2 Å². The van der Waals surface area contributed by atoms with Crippen LogP contribution in [-0.2, 0) is 6.18 Å². The number of halogens is 3. The van der Waals surface area contributed by atoms with Crippen LogP contribution in [0.1, 0.15) is 11.1 Å². The van der Waals surface area contributed by atoms with Crippen LogP contribution in [-0.4, -0.2) is 12.5 Å². The number of benzene rings is 2. The van der Waals surface area contributed by atoms with E-state index in [0.717, 1.165) is 17.8 Å². The summed E-state index contributed by atoms with van der Waals surface area (Å²) in [5, 5.41) is 2.88. The van der Waals surface area contributed by atoms with Gasteiger partial charge in [-0.1, -0.05) is 36.1 Å². The Balaban J connectivity index is 1.97. The number of para-hydroxylation sites is 1. The van der Waals surface area contributed by atoms with Gasteiger partial charge >= 0.3 is 6.18 Å². The lowest BCUT2D eigenvalue weighted by Crippen LogP contribution is -2.22. The fourth-order valence-corrected chi connectivity index (χ4v) is 1.75. The molecular weight excluding hydrogens is 303 g/mol. The molecule has 0 saturated carbocycles. The molecule has 118 valence electrons. The Hall–Kier alpha value is -2.94. The van der Waals surface area contributed by atoms with Crippen LogP contribution in [0.4, 0.5) is 18.9 Å². The molecule has 2 aromatic rings. The second-order valence-corrected chi connectivity index (χ2v) is 4.57. The lowest BCUT2D eigenvalue weighted by atomic mass is 10.1. The second kappa shape index (κ2) is 7.36. The highest BCUT2D eigenvalue weighted by Crippen LogP contribution is 2.29. The van der Waals surface area contributed by atoms with Crippen LogP contribution in [0, 0.1) is 11.8 Å². The Morgan fingerprint density at radius 3 is 2.52 bits per heavy atom. The largest absolute Gasteiger partial charge is 0.416 e. The zero-order valence-electron chi connectivity index (χ0n) is 12.1. The van der Waals surface area contributed by atoms with E-state index in [1.54, 1.807) is 0 Å². The van der Waals surface area contributed by atoms with Gasteiger partial charge in [0, 0.05) is 11.3 Å². The van der Waals surface area contributed by atoms with Crippen molar-refractivity contribution < 1.29 is 13.2 Å². The van der Waals surface area contributed by atoms with E-state index in [9.17, 15) is 13.2 Å². The first kappa shape index (κ1) is 16.4. The number of aliphatic imine (C=N–C) groups is 1. The van der Waals surface area contributed by atoms with Gasteiger partial charge in [0.05, 0.1) is 5.56 Å². The van der Waals surface area contributed by atoms with Crippen molar-refractivity contribution in [1.29, 1.82) is 0 Å². The molecule has 0 aliphatic carbocycles. The number of nitrogens with one attached hydrogen (secondary N) is 1. The van der Waals surface area contributed by atoms with E-state index in [0.29, 0.717) is 0 Å².